The van der Waals surface area contributed by atoms with Crippen molar-refractivity contribution < 1.29 is 40.0 Å². The third-order valence-corrected chi connectivity index (χ3v) is 9.29. The third kappa shape index (κ3) is 5.83. The average Bonchev–Trinajstić information content (AvgIpc) is 3.02. The second-order valence-corrected chi connectivity index (χ2v) is 10.8. The van der Waals surface area contributed by atoms with Crippen LogP contribution in [-0.2, 0) is 34.9 Å². The summed E-state index contributed by atoms with van der Waals surface area (Å²) in [6.45, 7) is 6.27. The number of hydrogen-bond acceptors (Lipinski definition) is 5. The van der Waals surface area contributed by atoms with Crippen molar-refractivity contribution in [3.63, 3.8) is 0 Å². The molecule has 0 aromatic rings. The summed E-state index contributed by atoms with van der Waals surface area (Å²) in [7, 11) is 0.750. The molecule has 3 rings (SSSR count). The molecule has 0 radical (unpaired) electrons. The van der Waals surface area contributed by atoms with Crippen LogP contribution in [0.2, 0.25) is 4.22 Å². The Hall–Kier alpha value is -0.906. The smallest absolute Gasteiger partial charge is 0.153 e. The summed E-state index contributed by atoms with van der Waals surface area (Å²) in [6, 6.07) is 0. The van der Waals surface area contributed by atoms with E-state index < -0.39 is 18.6 Å². The molecule has 0 bridgehead atoms. The van der Waals surface area contributed by atoms with Gasteiger partial charge in [0.2, 0.25) is 0 Å². The van der Waals surface area contributed by atoms with Gasteiger partial charge in [-0.1, -0.05) is 0 Å². The molecular formula is C23H36O5Ti. The zero-order chi connectivity index (χ0) is 21.4. The minimum Gasteiger partial charge on any atom is -0.857 e. The molecule has 5 nitrogen and oxygen atoms in total. The fraction of sp³-hybridized carbons (Fsp3) is 0.739. The van der Waals surface area contributed by atoms with Crippen LogP contribution >= 0.6 is 0 Å². The Balaban J connectivity index is 0.00000145. The minimum atomic E-state index is -2.78. The summed E-state index contributed by atoms with van der Waals surface area (Å²) < 4.78 is 12.0. The minimum absolute atomic E-state index is 0.177. The van der Waals surface area contributed by atoms with Gasteiger partial charge >= 0.3 is 171 Å². The van der Waals surface area contributed by atoms with Crippen LogP contribution < -0.4 is 5.11 Å². The SMILES string of the molecule is CCCC(=O)[O][Ti+]([O]C(=O)CCC)[CH]1CCCC2=C1C(C)C1=C2CCCC1.C[O-]. The number of rotatable bonds is 7. The maximum Gasteiger partial charge on any atom is -0.153 e. The van der Waals surface area contributed by atoms with Crippen LogP contribution in [-0.4, -0.2) is 19.0 Å². The van der Waals surface area contributed by atoms with Crippen molar-refractivity contribution in [1.82, 2.24) is 0 Å². The molecule has 2 unspecified atom stereocenters. The molecule has 0 saturated heterocycles. The largest absolute Gasteiger partial charge is 0.857 e. The zero-order valence-electron chi connectivity index (χ0n) is 18.5. The Morgan fingerprint density at radius 1 is 0.931 bits per heavy atom. The standard InChI is InChI=1S/C14H19.2C4H8O2.CH3O.Ti/c1-10-11-6-2-4-8-13(11)14-9-5-3-7-12(10)14;2*1-2-3-4(5)6;1-2;/h6,10H,2-5,7-9H2,1H3;2*2-3H2,1H3,(H,5,6);1H3;/q;;;-1;+3/p-2. The van der Waals surface area contributed by atoms with Crippen LogP contribution in [0.4, 0.5) is 0 Å². The van der Waals surface area contributed by atoms with Crippen molar-refractivity contribution in [2.24, 2.45) is 5.92 Å². The average molecular weight is 440 g/mol. The second kappa shape index (κ2) is 12.1. The van der Waals surface area contributed by atoms with E-state index in [9.17, 15) is 9.59 Å². The van der Waals surface area contributed by atoms with Crippen molar-refractivity contribution >= 4 is 11.9 Å². The monoisotopic (exact) mass is 440 g/mol. The summed E-state index contributed by atoms with van der Waals surface area (Å²) in [6.07, 6.45) is 10.6. The first-order valence-electron chi connectivity index (χ1n) is 11.2. The third-order valence-electron chi connectivity index (χ3n) is 6.13. The fourth-order valence-electron chi connectivity index (χ4n) is 4.96. The molecular weight excluding hydrogens is 404 g/mol. The van der Waals surface area contributed by atoms with Crippen LogP contribution in [0.5, 0.6) is 0 Å². The first-order valence-corrected chi connectivity index (χ1v) is 13.4. The van der Waals surface area contributed by atoms with E-state index >= 15 is 0 Å². The second-order valence-electron chi connectivity index (χ2n) is 8.08. The van der Waals surface area contributed by atoms with Gasteiger partial charge in [0, 0.05) is 0 Å². The molecule has 3 aliphatic carbocycles. The van der Waals surface area contributed by atoms with E-state index in [1.165, 1.54) is 36.8 Å². The topological polar surface area (TPSA) is 75.7 Å². The Morgan fingerprint density at radius 2 is 1.48 bits per heavy atom. The van der Waals surface area contributed by atoms with Crippen molar-refractivity contribution in [1.29, 1.82) is 0 Å². The van der Waals surface area contributed by atoms with Crippen LogP contribution in [0.15, 0.2) is 22.3 Å². The van der Waals surface area contributed by atoms with Gasteiger partial charge in [0.25, 0.3) is 0 Å². The Morgan fingerprint density at radius 3 is 2.07 bits per heavy atom. The Bertz CT molecular complexity index is 632. The number of fused-ring (bicyclic) bond motifs is 1. The molecule has 0 saturated carbocycles. The van der Waals surface area contributed by atoms with Gasteiger partial charge in [-0.05, 0) is 0 Å². The van der Waals surface area contributed by atoms with Gasteiger partial charge < -0.3 is 5.11 Å². The molecule has 162 valence electrons. The van der Waals surface area contributed by atoms with Gasteiger partial charge in [0.05, 0.1) is 0 Å². The quantitative estimate of drug-likeness (QED) is 0.527. The Labute approximate surface area is 182 Å². The van der Waals surface area contributed by atoms with Crippen LogP contribution in [0.1, 0.15) is 91.4 Å². The maximum atomic E-state index is 12.3. The van der Waals surface area contributed by atoms with Crippen molar-refractivity contribution in [3.05, 3.63) is 22.3 Å². The molecule has 0 aliphatic heterocycles. The predicted molar refractivity (Wildman–Crippen MR) is 107 cm³/mol. The molecule has 0 aromatic heterocycles. The van der Waals surface area contributed by atoms with Gasteiger partial charge in [-0.2, -0.15) is 7.11 Å². The van der Waals surface area contributed by atoms with Crippen molar-refractivity contribution in [3.8, 4) is 0 Å². The number of hydrogen-bond donors (Lipinski definition) is 0. The van der Waals surface area contributed by atoms with E-state index in [-0.39, 0.29) is 16.2 Å². The summed E-state index contributed by atoms with van der Waals surface area (Å²) in [5.74, 6) is 0.0682. The van der Waals surface area contributed by atoms with E-state index in [1.807, 2.05) is 13.8 Å². The fourth-order valence-corrected chi connectivity index (χ4v) is 8.24. The predicted octanol–water partition coefficient (Wildman–Crippen LogP) is 4.89. The van der Waals surface area contributed by atoms with E-state index in [0.717, 1.165) is 39.2 Å². The van der Waals surface area contributed by atoms with Crippen LogP contribution in [0, 0.1) is 5.92 Å². The van der Waals surface area contributed by atoms with Crippen molar-refractivity contribution in [2.75, 3.05) is 7.11 Å². The van der Waals surface area contributed by atoms with Crippen LogP contribution in [0.3, 0.4) is 0 Å². The molecule has 0 fully saturated rings. The van der Waals surface area contributed by atoms with E-state index in [1.54, 1.807) is 11.1 Å². The van der Waals surface area contributed by atoms with Gasteiger partial charge in [-0.15, -0.1) is 0 Å². The normalized spacial score (nSPS) is 22.9. The molecule has 29 heavy (non-hydrogen) atoms. The molecule has 0 amide bonds. The number of allylic oxidation sites excluding steroid dienone is 4. The summed E-state index contributed by atoms with van der Waals surface area (Å²) >= 11 is -2.78. The molecule has 0 heterocycles. The van der Waals surface area contributed by atoms with Gasteiger partial charge in [-0.3, -0.25) is 0 Å². The van der Waals surface area contributed by atoms with Crippen molar-refractivity contribution in [2.45, 2.75) is 95.6 Å². The van der Waals surface area contributed by atoms with E-state index in [4.69, 9.17) is 11.7 Å². The summed E-state index contributed by atoms with van der Waals surface area (Å²) in [5.41, 5.74) is 6.23. The molecule has 0 N–H and O–H groups in total. The van der Waals surface area contributed by atoms with Gasteiger partial charge in [-0.25, -0.2) is 0 Å². The first-order chi connectivity index (χ1) is 14.1. The summed E-state index contributed by atoms with van der Waals surface area (Å²) in [5, 5.41) is 8.25. The molecule has 3 aliphatic rings. The molecule has 2 atom stereocenters. The zero-order valence-corrected chi connectivity index (χ0v) is 20.0. The van der Waals surface area contributed by atoms with Gasteiger partial charge in [0.1, 0.15) is 0 Å². The number of carbonyl (C=O) groups is 2. The molecule has 6 heteroatoms. The van der Waals surface area contributed by atoms with Gasteiger partial charge in [0.15, 0.2) is 0 Å². The molecule has 0 aromatic carbocycles. The first kappa shape index (κ1) is 24.4. The summed E-state index contributed by atoms with van der Waals surface area (Å²) in [4.78, 5) is 24.5. The van der Waals surface area contributed by atoms with E-state index in [2.05, 4.69) is 6.92 Å². The molecule has 0 spiro atoms. The van der Waals surface area contributed by atoms with E-state index in [0.29, 0.717) is 18.8 Å². The number of carbonyl (C=O) groups excluding carboxylic acids is 2. The van der Waals surface area contributed by atoms with Crippen LogP contribution in [0.25, 0.3) is 0 Å². The maximum absolute atomic E-state index is 12.3. The Kier molecular flexibility index (Phi) is 10.1.